The number of carbonyl (C=O) groups is 1. The molecule has 2 rings (SSSR count). The smallest absolute Gasteiger partial charge is 0.255 e. The lowest BCUT2D eigenvalue weighted by molar-refractivity contribution is 0.0716. The number of carbonyl (C=O) groups excluding carboxylic acids is 1. The van der Waals surface area contributed by atoms with E-state index in [2.05, 4.69) is 4.98 Å². The molecule has 0 aromatic carbocycles. The summed E-state index contributed by atoms with van der Waals surface area (Å²) in [5.41, 5.74) is 0.436. The number of amides is 1. The van der Waals surface area contributed by atoms with E-state index in [-0.39, 0.29) is 17.1 Å². The van der Waals surface area contributed by atoms with E-state index in [4.69, 9.17) is 23.2 Å². The van der Waals surface area contributed by atoms with E-state index in [9.17, 15) is 4.79 Å². The number of hydrogen-bond acceptors (Lipinski definition) is 3. The molecule has 17 heavy (non-hydrogen) atoms. The Labute approximate surface area is 114 Å². The number of hydrogen-bond donors (Lipinski definition) is 0. The van der Waals surface area contributed by atoms with Crippen molar-refractivity contribution < 1.29 is 4.79 Å². The Morgan fingerprint density at radius 2 is 2.35 bits per heavy atom. The van der Waals surface area contributed by atoms with Gasteiger partial charge in [-0.05, 0) is 13.0 Å². The van der Waals surface area contributed by atoms with Crippen molar-refractivity contribution in [3.8, 4) is 0 Å². The zero-order valence-corrected chi connectivity index (χ0v) is 11.6. The van der Waals surface area contributed by atoms with Gasteiger partial charge in [0.1, 0.15) is 5.15 Å². The summed E-state index contributed by atoms with van der Waals surface area (Å²) in [6, 6.07) is 1.75. The second kappa shape index (κ2) is 5.46. The van der Waals surface area contributed by atoms with E-state index in [1.54, 1.807) is 0 Å². The molecule has 2 heterocycles. The monoisotopic (exact) mass is 290 g/mol. The van der Waals surface area contributed by atoms with Gasteiger partial charge in [0.15, 0.2) is 0 Å². The lowest BCUT2D eigenvalue weighted by Crippen LogP contribution is -2.44. The highest BCUT2D eigenvalue weighted by molar-refractivity contribution is 7.99. The van der Waals surface area contributed by atoms with Gasteiger partial charge in [-0.2, -0.15) is 11.8 Å². The number of nitrogens with zero attached hydrogens (tertiary/aromatic N) is 2. The predicted molar refractivity (Wildman–Crippen MR) is 72.1 cm³/mol. The van der Waals surface area contributed by atoms with Crippen molar-refractivity contribution in [1.82, 2.24) is 9.88 Å². The molecule has 3 nitrogen and oxygen atoms in total. The molecular formula is C11H12Cl2N2OS. The maximum atomic E-state index is 12.3. The van der Waals surface area contributed by atoms with Gasteiger partial charge in [0.05, 0.1) is 10.6 Å². The first-order valence-electron chi connectivity index (χ1n) is 5.29. The first kappa shape index (κ1) is 13.0. The summed E-state index contributed by atoms with van der Waals surface area (Å²) in [5.74, 6) is 1.86. The summed E-state index contributed by atoms with van der Waals surface area (Å²) in [7, 11) is 0. The Balaban J connectivity index is 2.26. The van der Waals surface area contributed by atoms with Crippen LogP contribution in [0, 0.1) is 0 Å². The number of thioether (sulfide) groups is 1. The summed E-state index contributed by atoms with van der Waals surface area (Å²) in [5, 5.41) is 0.640. The Morgan fingerprint density at radius 1 is 1.59 bits per heavy atom. The van der Waals surface area contributed by atoms with Crippen molar-refractivity contribution in [2.24, 2.45) is 0 Å². The third-order valence-electron chi connectivity index (χ3n) is 2.68. The zero-order valence-electron chi connectivity index (χ0n) is 9.32. The lowest BCUT2D eigenvalue weighted by atomic mass is 10.2. The molecule has 0 aliphatic carbocycles. The zero-order chi connectivity index (χ0) is 12.4. The molecule has 1 fully saturated rings. The predicted octanol–water partition coefficient (Wildman–Crippen LogP) is 2.97. The fourth-order valence-corrected chi connectivity index (χ4v) is 3.12. The molecule has 1 saturated heterocycles. The minimum Gasteiger partial charge on any atom is -0.334 e. The SMILES string of the molecule is CC1CSCCN1C(=O)c1cc(Cl)ncc1Cl. The summed E-state index contributed by atoms with van der Waals surface area (Å²) >= 11 is 13.6. The van der Waals surface area contributed by atoms with Crippen LogP contribution in [0.2, 0.25) is 10.2 Å². The molecule has 0 spiro atoms. The fraction of sp³-hybridized carbons (Fsp3) is 0.455. The third-order valence-corrected chi connectivity index (χ3v) is 4.38. The number of rotatable bonds is 1. The van der Waals surface area contributed by atoms with Crippen LogP contribution in [0.4, 0.5) is 0 Å². The second-order valence-corrected chi connectivity index (χ2v) is 5.85. The van der Waals surface area contributed by atoms with Crippen LogP contribution in [0.15, 0.2) is 12.3 Å². The van der Waals surface area contributed by atoms with Crippen molar-refractivity contribution in [1.29, 1.82) is 0 Å². The van der Waals surface area contributed by atoms with E-state index in [1.807, 2.05) is 23.6 Å². The highest BCUT2D eigenvalue weighted by atomic mass is 35.5. The molecule has 0 bridgehead atoms. The molecule has 0 saturated carbocycles. The quantitative estimate of drug-likeness (QED) is 0.746. The van der Waals surface area contributed by atoms with E-state index in [0.29, 0.717) is 10.6 Å². The molecule has 1 atom stereocenters. The third kappa shape index (κ3) is 2.87. The number of pyridine rings is 1. The van der Waals surface area contributed by atoms with Crippen LogP contribution in [0.3, 0.4) is 0 Å². The molecule has 1 aromatic rings. The second-order valence-electron chi connectivity index (χ2n) is 3.91. The highest BCUT2D eigenvalue weighted by Gasteiger charge is 2.26. The Kier molecular flexibility index (Phi) is 4.17. The first-order valence-corrected chi connectivity index (χ1v) is 7.20. The van der Waals surface area contributed by atoms with Gasteiger partial charge in [-0.15, -0.1) is 0 Å². The summed E-state index contributed by atoms with van der Waals surface area (Å²) in [4.78, 5) is 18.0. The van der Waals surface area contributed by atoms with Gasteiger partial charge < -0.3 is 4.90 Å². The number of aromatic nitrogens is 1. The average Bonchev–Trinajstić information content (AvgIpc) is 2.32. The van der Waals surface area contributed by atoms with E-state index >= 15 is 0 Å². The molecular weight excluding hydrogens is 279 g/mol. The van der Waals surface area contributed by atoms with Crippen molar-refractivity contribution in [3.05, 3.63) is 28.0 Å². The first-order chi connectivity index (χ1) is 8.09. The average molecular weight is 291 g/mol. The summed E-state index contributed by atoms with van der Waals surface area (Å²) in [6.07, 6.45) is 1.42. The Bertz CT molecular complexity index is 441. The Morgan fingerprint density at radius 3 is 3.06 bits per heavy atom. The van der Waals surface area contributed by atoms with Gasteiger partial charge >= 0.3 is 0 Å². The van der Waals surface area contributed by atoms with Gasteiger partial charge in [0.25, 0.3) is 5.91 Å². The van der Waals surface area contributed by atoms with Crippen LogP contribution in [0.1, 0.15) is 17.3 Å². The topological polar surface area (TPSA) is 33.2 Å². The normalized spacial score (nSPS) is 20.4. The van der Waals surface area contributed by atoms with E-state index in [0.717, 1.165) is 18.1 Å². The Hall–Kier alpha value is -0.450. The van der Waals surface area contributed by atoms with E-state index < -0.39 is 0 Å². The fourth-order valence-electron chi connectivity index (χ4n) is 1.76. The van der Waals surface area contributed by atoms with Crippen molar-refractivity contribution in [2.75, 3.05) is 18.1 Å². The van der Waals surface area contributed by atoms with Gasteiger partial charge in [-0.3, -0.25) is 4.79 Å². The van der Waals surface area contributed by atoms with E-state index in [1.165, 1.54) is 12.3 Å². The van der Waals surface area contributed by atoms with Crippen LogP contribution >= 0.6 is 35.0 Å². The molecule has 1 aliphatic rings. The maximum Gasteiger partial charge on any atom is 0.255 e. The standard InChI is InChI=1S/C11H12Cl2N2OS/c1-7-6-17-3-2-15(7)11(16)8-4-10(13)14-5-9(8)12/h4-5,7H,2-3,6H2,1H3. The molecule has 0 radical (unpaired) electrons. The number of halogens is 2. The van der Waals surface area contributed by atoms with Crippen LogP contribution < -0.4 is 0 Å². The summed E-state index contributed by atoms with van der Waals surface area (Å²) in [6.45, 7) is 2.79. The van der Waals surface area contributed by atoms with Crippen molar-refractivity contribution in [3.63, 3.8) is 0 Å². The van der Waals surface area contributed by atoms with Crippen LogP contribution in [0.25, 0.3) is 0 Å². The molecule has 1 amide bonds. The van der Waals surface area contributed by atoms with Crippen LogP contribution in [-0.4, -0.2) is 39.9 Å². The van der Waals surface area contributed by atoms with Crippen LogP contribution in [0.5, 0.6) is 0 Å². The van der Waals surface area contributed by atoms with Crippen LogP contribution in [-0.2, 0) is 0 Å². The minimum atomic E-state index is -0.0629. The maximum absolute atomic E-state index is 12.3. The van der Waals surface area contributed by atoms with Gasteiger partial charge in [-0.25, -0.2) is 4.98 Å². The van der Waals surface area contributed by atoms with Gasteiger partial charge in [0, 0.05) is 30.3 Å². The van der Waals surface area contributed by atoms with Crippen molar-refractivity contribution >= 4 is 40.9 Å². The highest BCUT2D eigenvalue weighted by Crippen LogP contribution is 2.23. The molecule has 6 heteroatoms. The largest absolute Gasteiger partial charge is 0.334 e. The van der Waals surface area contributed by atoms with Gasteiger partial charge in [-0.1, -0.05) is 23.2 Å². The summed E-state index contributed by atoms with van der Waals surface area (Å²) < 4.78 is 0. The molecule has 1 unspecified atom stereocenters. The molecule has 1 aliphatic heterocycles. The molecule has 0 N–H and O–H groups in total. The van der Waals surface area contributed by atoms with Gasteiger partial charge in [0.2, 0.25) is 0 Å². The van der Waals surface area contributed by atoms with Crippen molar-refractivity contribution in [2.45, 2.75) is 13.0 Å². The molecule has 92 valence electrons. The lowest BCUT2D eigenvalue weighted by Gasteiger charge is -2.33. The minimum absolute atomic E-state index is 0.0629. The molecule has 1 aromatic heterocycles.